The summed E-state index contributed by atoms with van der Waals surface area (Å²) in [6.45, 7) is 4.72. The van der Waals surface area contributed by atoms with Gasteiger partial charge < -0.3 is 0 Å². The third-order valence-electron chi connectivity index (χ3n) is 2.54. The molecule has 0 aliphatic carbocycles. The number of nitrogens with zero attached hydrogens (tertiary/aromatic N) is 2. The molecule has 1 atom stereocenters. The van der Waals surface area contributed by atoms with Crippen LogP contribution in [0.4, 0.5) is 0 Å². The van der Waals surface area contributed by atoms with Crippen LogP contribution in [-0.4, -0.2) is 23.0 Å². The molecule has 0 bridgehead atoms. The standard InChI is InChI=1S/C9H13BrN2S/c1-7(12-4-2-3-5-12)9-11-6-8(10)13-9/h6-7H,2-5H2,1H3. The summed E-state index contributed by atoms with van der Waals surface area (Å²) in [5.41, 5.74) is 0. The summed E-state index contributed by atoms with van der Waals surface area (Å²) in [6.07, 6.45) is 4.58. The van der Waals surface area contributed by atoms with Gasteiger partial charge in [-0.25, -0.2) is 4.98 Å². The Morgan fingerprint density at radius 3 is 2.77 bits per heavy atom. The summed E-state index contributed by atoms with van der Waals surface area (Å²) < 4.78 is 1.13. The Labute approximate surface area is 91.1 Å². The first-order chi connectivity index (χ1) is 6.27. The highest BCUT2D eigenvalue weighted by atomic mass is 79.9. The van der Waals surface area contributed by atoms with Gasteiger partial charge in [0.1, 0.15) is 5.01 Å². The van der Waals surface area contributed by atoms with Gasteiger partial charge in [0.25, 0.3) is 0 Å². The van der Waals surface area contributed by atoms with Crippen molar-refractivity contribution >= 4 is 27.3 Å². The number of hydrogen-bond donors (Lipinski definition) is 0. The SMILES string of the molecule is CC(c1ncc(Br)s1)N1CCCC1. The van der Waals surface area contributed by atoms with Gasteiger partial charge in [0, 0.05) is 0 Å². The van der Waals surface area contributed by atoms with E-state index < -0.39 is 0 Å². The van der Waals surface area contributed by atoms with Gasteiger partial charge in [-0.1, -0.05) is 0 Å². The van der Waals surface area contributed by atoms with Gasteiger partial charge >= 0.3 is 0 Å². The smallest absolute Gasteiger partial charge is 0.111 e. The summed E-state index contributed by atoms with van der Waals surface area (Å²) >= 11 is 5.19. The van der Waals surface area contributed by atoms with E-state index in [4.69, 9.17) is 0 Å². The van der Waals surface area contributed by atoms with E-state index in [1.807, 2.05) is 6.20 Å². The van der Waals surface area contributed by atoms with Crippen molar-refractivity contribution in [3.63, 3.8) is 0 Å². The van der Waals surface area contributed by atoms with Crippen molar-refractivity contribution in [3.05, 3.63) is 15.0 Å². The van der Waals surface area contributed by atoms with E-state index >= 15 is 0 Å². The molecule has 0 saturated carbocycles. The predicted octanol–water partition coefficient (Wildman–Crippen LogP) is 3.06. The molecule has 0 aromatic carbocycles. The van der Waals surface area contributed by atoms with Gasteiger partial charge in [0.15, 0.2) is 0 Å². The molecular formula is C9H13BrN2S. The van der Waals surface area contributed by atoms with Gasteiger partial charge in [-0.15, -0.1) is 11.3 Å². The van der Waals surface area contributed by atoms with E-state index in [1.54, 1.807) is 11.3 Å². The maximum Gasteiger partial charge on any atom is 0.111 e. The Morgan fingerprint density at radius 2 is 2.23 bits per heavy atom. The minimum Gasteiger partial charge on any atom is -0.294 e. The zero-order valence-electron chi connectivity index (χ0n) is 7.66. The Balaban J connectivity index is 2.07. The van der Waals surface area contributed by atoms with Crippen molar-refractivity contribution in [3.8, 4) is 0 Å². The maximum absolute atomic E-state index is 4.39. The molecule has 0 amide bonds. The van der Waals surface area contributed by atoms with Crippen LogP contribution in [0.2, 0.25) is 0 Å². The van der Waals surface area contributed by atoms with E-state index in [-0.39, 0.29) is 0 Å². The second kappa shape index (κ2) is 4.07. The highest BCUT2D eigenvalue weighted by Crippen LogP contribution is 2.29. The van der Waals surface area contributed by atoms with Crippen molar-refractivity contribution < 1.29 is 0 Å². The zero-order chi connectivity index (χ0) is 9.26. The molecule has 1 aliphatic rings. The molecule has 2 heterocycles. The number of rotatable bonds is 2. The Kier molecular flexibility index (Phi) is 3.01. The summed E-state index contributed by atoms with van der Waals surface area (Å²) in [5, 5.41) is 1.23. The number of likely N-dealkylation sites (tertiary alicyclic amines) is 1. The first kappa shape index (κ1) is 9.62. The summed E-state index contributed by atoms with van der Waals surface area (Å²) in [7, 11) is 0. The average Bonchev–Trinajstić information content (AvgIpc) is 2.72. The van der Waals surface area contributed by atoms with Crippen LogP contribution in [0.3, 0.4) is 0 Å². The number of hydrogen-bond acceptors (Lipinski definition) is 3. The largest absolute Gasteiger partial charge is 0.294 e. The minimum atomic E-state index is 0.499. The van der Waals surface area contributed by atoms with Gasteiger partial charge in [0.05, 0.1) is 16.0 Å². The fourth-order valence-electron chi connectivity index (χ4n) is 1.75. The highest BCUT2D eigenvalue weighted by molar-refractivity contribution is 9.11. The lowest BCUT2D eigenvalue weighted by atomic mass is 10.3. The molecule has 13 heavy (non-hydrogen) atoms. The molecule has 4 heteroatoms. The van der Waals surface area contributed by atoms with Crippen LogP contribution in [0.1, 0.15) is 30.8 Å². The molecular weight excluding hydrogens is 248 g/mol. The molecule has 1 aromatic heterocycles. The van der Waals surface area contributed by atoms with E-state index in [1.165, 1.54) is 30.9 Å². The average molecular weight is 261 g/mol. The van der Waals surface area contributed by atoms with Gasteiger partial charge in [-0.3, -0.25) is 4.90 Å². The van der Waals surface area contributed by atoms with Crippen molar-refractivity contribution in [1.29, 1.82) is 0 Å². The summed E-state index contributed by atoms with van der Waals surface area (Å²) in [4.78, 5) is 6.90. The highest BCUT2D eigenvalue weighted by Gasteiger charge is 2.21. The van der Waals surface area contributed by atoms with Crippen LogP contribution >= 0.6 is 27.3 Å². The molecule has 1 saturated heterocycles. The first-order valence-electron chi connectivity index (χ1n) is 4.62. The minimum absolute atomic E-state index is 0.499. The zero-order valence-corrected chi connectivity index (χ0v) is 10.1. The van der Waals surface area contributed by atoms with Crippen LogP contribution in [-0.2, 0) is 0 Å². The van der Waals surface area contributed by atoms with Gasteiger partial charge in [-0.2, -0.15) is 0 Å². The lowest BCUT2D eigenvalue weighted by Gasteiger charge is -2.21. The number of thiazole rings is 1. The quantitative estimate of drug-likeness (QED) is 0.813. The van der Waals surface area contributed by atoms with E-state index in [0.29, 0.717) is 6.04 Å². The Bertz CT molecular complexity index is 281. The third kappa shape index (κ3) is 2.11. The lowest BCUT2D eigenvalue weighted by Crippen LogP contribution is -2.22. The van der Waals surface area contributed by atoms with Crippen LogP contribution in [0, 0.1) is 0 Å². The Morgan fingerprint density at radius 1 is 1.54 bits per heavy atom. The van der Waals surface area contributed by atoms with Crippen LogP contribution in [0.25, 0.3) is 0 Å². The van der Waals surface area contributed by atoms with Crippen LogP contribution in [0.5, 0.6) is 0 Å². The normalized spacial score (nSPS) is 20.8. The van der Waals surface area contributed by atoms with Crippen molar-refractivity contribution in [2.45, 2.75) is 25.8 Å². The number of halogens is 1. The van der Waals surface area contributed by atoms with Crippen molar-refractivity contribution in [1.82, 2.24) is 9.88 Å². The molecule has 0 spiro atoms. The lowest BCUT2D eigenvalue weighted by molar-refractivity contribution is 0.262. The van der Waals surface area contributed by atoms with E-state index in [2.05, 4.69) is 32.7 Å². The fourth-order valence-corrected chi connectivity index (χ4v) is 3.08. The molecule has 0 N–H and O–H groups in total. The van der Waals surface area contributed by atoms with Crippen molar-refractivity contribution in [2.24, 2.45) is 0 Å². The molecule has 2 nitrogen and oxygen atoms in total. The fraction of sp³-hybridized carbons (Fsp3) is 0.667. The van der Waals surface area contributed by atoms with E-state index in [0.717, 1.165) is 3.79 Å². The van der Waals surface area contributed by atoms with Crippen molar-refractivity contribution in [2.75, 3.05) is 13.1 Å². The summed E-state index contributed by atoms with van der Waals surface area (Å²) in [6, 6.07) is 0.499. The third-order valence-corrected chi connectivity index (χ3v) is 4.19. The number of aromatic nitrogens is 1. The molecule has 2 rings (SSSR count). The first-order valence-corrected chi connectivity index (χ1v) is 6.23. The maximum atomic E-state index is 4.39. The molecule has 1 fully saturated rings. The topological polar surface area (TPSA) is 16.1 Å². The van der Waals surface area contributed by atoms with Gasteiger partial charge in [-0.05, 0) is 48.8 Å². The summed E-state index contributed by atoms with van der Waals surface area (Å²) in [5.74, 6) is 0. The van der Waals surface area contributed by atoms with Gasteiger partial charge in [0.2, 0.25) is 0 Å². The molecule has 0 radical (unpaired) electrons. The molecule has 1 aliphatic heterocycles. The second-order valence-corrected chi connectivity index (χ2v) is 5.86. The van der Waals surface area contributed by atoms with Crippen LogP contribution in [0.15, 0.2) is 9.98 Å². The predicted molar refractivity (Wildman–Crippen MR) is 59.0 cm³/mol. The monoisotopic (exact) mass is 260 g/mol. The second-order valence-electron chi connectivity index (χ2n) is 3.42. The Hall–Kier alpha value is 0.0700. The molecule has 1 aromatic rings. The molecule has 1 unspecified atom stereocenters. The van der Waals surface area contributed by atoms with Crippen LogP contribution < -0.4 is 0 Å². The molecule has 72 valence electrons. The van der Waals surface area contributed by atoms with E-state index in [9.17, 15) is 0 Å².